The van der Waals surface area contributed by atoms with Gasteiger partial charge in [-0.2, -0.15) is 5.10 Å². The smallest absolute Gasteiger partial charge is 0.249 e. The fourth-order valence-corrected chi connectivity index (χ4v) is 2.99. The average Bonchev–Trinajstić information content (AvgIpc) is 2.71. The van der Waals surface area contributed by atoms with E-state index in [1.54, 1.807) is 6.07 Å². The molecule has 1 aliphatic carbocycles. The fraction of sp³-hybridized carbons (Fsp3) is 0.538. The lowest BCUT2D eigenvalue weighted by molar-refractivity contribution is 0.397. The maximum Gasteiger partial charge on any atom is 0.249 e. The summed E-state index contributed by atoms with van der Waals surface area (Å²) in [6.45, 7) is 1.99. The molecule has 5 nitrogen and oxygen atoms in total. The molecule has 2 aromatic rings. The van der Waals surface area contributed by atoms with Crippen molar-refractivity contribution < 1.29 is 0 Å². The Kier molecular flexibility index (Phi) is 2.70. The molecular weight excluding hydrogens is 228 g/mol. The summed E-state index contributed by atoms with van der Waals surface area (Å²) >= 11 is 0. The predicted molar refractivity (Wildman–Crippen MR) is 70.6 cm³/mol. The van der Waals surface area contributed by atoms with Gasteiger partial charge >= 0.3 is 0 Å². The number of hydrogen-bond donors (Lipinski definition) is 3. The van der Waals surface area contributed by atoms with Gasteiger partial charge in [0.2, 0.25) is 5.56 Å². The summed E-state index contributed by atoms with van der Waals surface area (Å²) in [6, 6.07) is 2.05. The minimum Gasteiger partial charge on any atom is -0.328 e. The lowest BCUT2D eigenvalue weighted by Gasteiger charge is -2.26. The quantitative estimate of drug-likeness (QED) is 0.713. The van der Waals surface area contributed by atoms with E-state index >= 15 is 0 Å². The van der Waals surface area contributed by atoms with Crippen molar-refractivity contribution in [1.29, 1.82) is 0 Å². The lowest BCUT2D eigenvalue weighted by atomic mass is 9.81. The first-order valence-electron chi connectivity index (χ1n) is 6.48. The van der Waals surface area contributed by atoms with Gasteiger partial charge in [0.05, 0.1) is 0 Å². The average molecular weight is 246 g/mol. The summed E-state index contributed by atoms with van der Waals surface area (Å²) in [4.78, 5) is 14.5. The van der Waals surface area contributed by atoms with Gasteiger partial charge in [-0.05, 0) is 44.1 Å². The van der Waals surface area contributed by atoms with E-state index in [0.29, 0.717) is 17.6 Å². The van der Waals surface area contributed by atoms with E-state index in [-0.39, 0.29) is 5.56 Å². The number of aromatic nitrogens is 3. The highest BCUT2D eigenvalue weighted by Gasteiger charge is 2.23. The molecule has 1 aliphatic rings. The van der Waals surface area contributed by atoms with Crippen molar-refractivity contribution in [2.45, 2.75) is 44.6 Å². The first kappa shape index (κ1) is 11.5. The molecule has 0 unspecified atom stereocenters. The highest BCUT2D eigenvalue weighted by molar-refractivity contribution is 5.81. The summed E-state index contributed by atoms with van der Waals surface area (Å²) in [5.41, 5.74) is 8.69. The van der Waals surface area contributed by atoms with Gasteiger partial charge in [-0.3, -0.25) is 9.89 Å². The number of nitrogens with one attached hydrogen (secondary N) is 2. The molecule has 0 spiro atoms. The first-order valence-corrected chi connectivity index (χ1v) is 6.48. The summed E-state index contributed by atoms with van der Waals surface area (Å²) in [5, 5.41) is 8.17. The molecule has 0 bridgehead atoms. The standard InChI is InChI=1S/C13H18N4O/c1-7-12-10(8-2-4-9(14)5-3-8)6-11(18)15-13(12)17-16-7/h6,8-9H,2-5,14H2,1H3,(H2,15,16,17,18). The normalized spacial score (nSPS) is 24.6. The van der Waals surface area contributed by atoms with Gasteiger partial charge in [-0.25, -0.2) is 0 Å². The third kappa shape index (κ3) is 1.84. The number of pyridine rings is 1. The Hall–Kier alpha value is -1.62. The second-order valence-electron chi connectivity index (χ2n) is 5.27. The minimum atomic E-state index is -0.0705. The third-order valence-electron chi connectivity index (χ3n) is 3.98. The molecule has 1 saturated carbocycles. The SMILES string of the molecule is Cc1[nH]nc2[nH]c(=O)cc(C3CCC(N)CC3)c12. The van der Waals surface area contributed by atoms with E-state index in [1.165, 1.54) is 0 Å². The largest absolute Gasteiger partial charge is 0.328 e. The van der Waals surface area contributed by atoms with Crippen molar-refractivity contribution in [3.63, 3.8) is 0 Å². The number of rotatable bonds is 1. The Balaban J connectivity index is 2.10. The molecular formula is C13H18N4O. The highest BCUT2D eigenvalue weighted by Crippen LogP contribution is 2.35. The van der Waals surface area contributed by atoms with Crippen molar-refractivity contribution in [3.05, 3.63) is 27.7 Å². The maximum absolute atomic E-state index is 11.7. The summed E-state index contributed by atoms with van der Waals surface area (Å²) < 4.78 is 0. The van der Waals surface area contributed by atoms with Gasteiger partial charge in [-0.15, -0.1) is 0 Å². The molecule has 2 aromatic heterocycles. The van der Waals surface area contributed by atoms with E-state index < -0.39 is 0 Å². The van der Waals surface area contributed by atoms with E-state index in [9.17, 15) is 4.79 Å². The van der Waals surface area contributed by atoms with E-state index in [0.717, 1.165) is 42.3 Å². The molecule has 3 rings (SSSR count). The number of H-pyrrole nitrogens is 2. The third-order valence-corrected chi connectivity index (χ3v) is 3.98. The second kappa shape index (κ2) is 4.24. The monoisotopic (exact) mass is 246 g/mol. The molecule has 0 atom stereocenters. The van der Waals surface area contributed by atoms with Crippen molar-refractivity contribution in [2.75, 3.05) is 0 Å². The molecule has 4 N–H and O–H groups in total. The molecule has 5 heteroatoms. The van der Waals surface area contributed by atoms with Crippen LogP contribution in [0.4, 0.5) is 0 Å². The van der Waals surface area contributed by atoms with E-state index in [1.807, 2.05) is 6.92 Å². The fourth-order valence-electron chi connectivity index (χ4n) is 2.99. The molecule has 1 fully saturated rings. The molecule has 0 saturated heterocycles. The van der Waals surface area contributed by atoms with Crippen LogP contribution < -0.4 is 11.3 Å². The Labute approximate surface area is 105 Å². The van der Waals surface area contributed by atoms with E-state index in [4.69, 9.17) is 5.73 Å². The van der Waals surface area contributed by atoms with Crippen molar-refractivity contribution in [2.24, 2.45) is 5.73 Å². The van der Waals surface area contributed by atoms with Crippen LogP contribution in [0.5, 0.6) is 0 Å². The van der Waals surface area contributed by atoms with Gasteiger partial charge in [-0.1, -0.05) is 0 Å². The molecule has 18 heavy (non-hydrogen) atoms. The Morgan fingerprint density at radius 3 is 2.78 bits per heavy atom. The second-order valence-corrected chi connectivity index (χ2v) is 5.27. The topological polar surface area (TPSA) is 87.6 Å². The Bertz CT molecular complexity index is 619. The Morgan fingerprint density at radius 2 is 2.06 bits per heavy atom. The Morgan fingerprint density at radius 1 is 1.33 bits per heavy atom. The number of nitrogens with two attached hydrogens (primary N) is 1. The zero-order valence-electron chi connectivity index (χ0n) is 10.5. The van der Waals surface area contributed by atoms with Crippen LogP contribution in [0.15, 0.2) is 10.9 Å². The number of aryl methyl sites for hydroxylation is 1. The van der Waals surface area contributed by atoms with Gasteiger partial charge in [0.1, 0.15) is 0 Å². The first-order chi connectivity index (χ1) is 8.65. The van der Waals surface area contributed by atoms with Crippen LogP contribution in [0.1, 0.15) is 42.9 Å². The highest BCUT2D eigenvalue weighted by atomic mass is 16.1. The van der Waals surface area contributed by atoms with Gasteiger partial charge in [0.25, 0.3) is 0 Å². The van der Waals surface area contributed by atoms with Crippen LogP contribution in [0.2, 0.25) is 0 Å². The van der Waals surface area contributed by atoms with Crippen LogP contribution in [0.3, 0.4) is 0 Å². The van der Waals surface area contributed by atoms with Crippen LogP contribution in [0.25, 0.3) is 11.0 Å². The van der Waals surface area contributed by atoms with Crippen LogP contribution in [-0.2, 0) is 0 Å². The van der Waals surface area contributed by atoms with Crippen molar-refractivity contribution >= 4 is 11.0 Å². The maximum atomic E-state index is 11.7. The number of hydrogen-bond acceptors (Lipinski definition) is 3. The van der Waals surface area contributed by atoms with Gasteiger partial charge < -0.3 is 10.7 Å². The molecule has 0 radical (unpaired) electrons. The summed E-state index contributed by atoms with van der Waals surface area (Å²) in [6.07, 6.45) is 4.19. The molecule has 0 aromatic carbocycles. The van der Waals surface area contributed by atoms with E-state index in [2.05, 4.69) is 15.2 Å². The zero-order valence-corrected chi connectivity index (χ0v) is 10.5. The zero-order chi connectivity index (χ0) is 12.7. The predicted octanol–water partition coefficient (Wildman–Crippen LogP) is 1.54. The number of aromatic amines is 2. The molecule has 0 aliphatic heterocycles. The van der Waals surface area contributed by atoms with Crippen LogP contribution >= 0.6 is 0 Å². The van der Waals surface area contributed by atoms with Gasteiger partial charge in [0.15, 0.2) is 5.65 Å². The summed E-state index contributed by atoms with van der Waals surface area (Å²) in [5.74, 6) is 0.436. The van der Waals surface area contributed by atoms with Crippen LogP contribution in [0, 0.1) is 6.92 Å². The van der Waals surface area contributed by atoms with Gasteiger partial charge in [0, 0.05) is 23.2 Å². The summed E-state index contributed by atoms with van der Waals surface area (Å²) in [7, 11) is 0. The molecule has 96 valence electrons. The lowest BCUT2D eigenvalue weighted by Crippen LogP contribution is -2.26. The molecule has 0 amide bonds. The van der Waals surface area contributed by atoms with Crippen molar-refractivity contribution in [3.8, 4) is 0 Å². The minimum absolute atomic E-state index is 0.0705. The van der Waals surface area contributed by atoms with Crippen molar-refractivity contribution in [1.82, 2.24) is 15.2 Å². The molecule has 2 heterocycles. The number of nitrogens with zero attached hydrogens (tertiary/aromatic N) is 1. The van der Waals surface area contributed by atoms with Crippen LogP contribution in [-0.4, -0.2) is 21.2 Å². The number of fused-ring (bicyclic) bond motifs is 1.